The third-order valence-electron chi connectivity index (χ3n) is 3.69. The number of hydrogen-bond donors (Lipinski definition) is 3. The zero-order valence-corrected chi connectivity index (χ0v) is 13.7. The first-order valence-electron chi connectivity index (χ1n) is 7.88. The van der Waals surface area contributed by atoms with E-state index in [1.54, 1.807) is 18.3 Å². The molecule has 0 aliphatic carbocycles. The highest BCUT2D eigenvalue weighted by Gasteiger charge is 2.03. The Morgan fingerprint density at radius 1 is 1.17 bits per heavy atom. The minimum atomic E-state index is -0.960. The molecule has 0 aliphatic rings. The van der Waals surface area contributed by atoms with Gasteiger partial charge in [-0.1, -0.05) is 12.1 Å². The summed E-state index contributed by atoms with van der Waals surface area (Å²) in [6, 6.07) is 6.20. The number of carboxylic acids is 1. The second-order valence-electron chi connectivity index (χ2n) is 5.49. The van der Waals surface area contributed by atoms with Gasteiger partial charge in [0.2, 0.25) is 0 Å². The van der Waals surface area contributed by atoms with Gasteiger partial charge in [0, 0.05) is 32.0 Å². The van der Waals surface area contributed by atoms with Gasteiger partial charge in [-0.2, -0.15) is 0 Å². The van der Waals surface area contributed by atoms with Crippen molar-refractivity contribution in [1.29, 1.82) is 0 Å². The number of rotatable bonds is 8. The molecular formula is C17H22N4O3. The lowest BCUT2D eigenvalue weighted by Gasteiger charge is -2.08. The van der Waals surface area contributed by atoms with Gasteiger partial charge in [-0.15, -0.1) is 0 Å². The Hall–Kier alpha value is -2.83. The Morgan fingerprint density at radius 2 is 1.92 bits per heavy atom. The lowest BCUT2D eigenvalue weighted by atomic mass is 10.1. The third kappa shape index (κ3) is 5.42. The molecule has 3 N–H and O–H groups in total. The maximum atomic E-state index is 11.7. The molecule has 0 saturated heterocycles. The first-order valence-corrected chi connectivity index (χ1v) is 7.88. The van der Waals surface area contributed by atoms with Crippen LogP contribution in [0.15, 0.2) is 36.7 Å². The number of unbranched alkanes of at least 4 members (excludes halogenated alkanes) is 1. The van der Waals surface area contributed by atoms with Crippen LogP contribution in [0.1, 0.15) is 34.6 Å². The number of imidazole rings is 1. The highest BCUT2D eigenvalue weighted by molar-refractivity contribution is 5.87. The molecular weight excluding hydrogens is 308 g/mol. The zero-order chi connectivity index (χ0) is 17.4. The second-order valence-corrected chi connectivity index (χ2v) is 5.49. The Labute approximate surface area is 140 Å². The lowest BCUT2D eigenvalue weighted by Crippen LogP contribution is -2.35. The van der Waals surface area contributed by atoms with Crippen LogP contribution in [0, 0.1) is 6.92 Å². The molecule has 0 saturated carbocycles. The van der Waals surface area contributed by atoms with Gasteiger partial charge in [-0.3, -0.25) is 0 Å². The molecule has 2 aromatic rings. The van der Waals surface area contributed by atoms with E-state index in [-0.39, 0.29) is 11.6 Å². The fourth-order valence-electron chi connectivity index (χ4n) is 2.26. The summed E-state index contributed by atoms with van der Waals surface area (Å²) in [6.07, 6.45) is 5.58. The predicted molar refractivity (Wildman–Crippen MR) is 89.8 cm³/mol. The highest BCUT2D eigenvalue weighted by Crippen LogP contribution is 2.04. The van der Waals surface area contributed by atoms with Crippen LogP contribution in [0.25, 0.3) is 0 Å². The van der Waals surface area contributed by atoms with Crippen LogP contribution in [0.5, 0.6) is 0 Å². The van der Waals surface area contributed by atoms with Crippen molar-refractivity contribution in [3.63, 3.8) is 0 Å². The normalized spacial score (nSPS) is 10.4. The van der Waals surface area contributed by atoms with Crippen molar-refractivity contribution in [1.82, 2.24) is 20.2 Å². The molecule has 0 fully saturated rings. The highest BCUT2D eigenvalue weighted by atomic mass is 16.4. The number of aromatic nitrogens is 2. The number of nitrogens with one attached hydrogen (secondary N) is 2. The summed E-state index contributed by atoms with van der Waals surface area (Å²) in [6.45, 7) is 3.83. The average molecular weight is 330 g/mol. The number of carboxylic acid groups (broad SMARTS) is 1. The molecule has 0 bridgehead atoms. The Kier molecular flexibility index (Phi) is 6.36. The van der Waals surface area contributed by atoms with Gasteiger partial charge in [-0.25, -0.2) is 14.6 Å². The van der Waals surface area contributed by atoms with E-state index >= 15 is 0 Å². The Balaban J connectivity index is 1.59. The van der Waals surface area contributed by atoms with E-state index in [2.05, 4.69) is 20.2 Å². The SMILES string of the molecule is Cc1nccn1CCCCNC(=O)NCc1ccc(C(=O)O)cc1. The predicted octanol–water partition coefficient (Wildman–Crippen LogP) is 2.17. The minimum absolute atomic E-state index is 0.226. The summed E-state index contributed by atoms with van der Waals surface area (Å²) in [5, 5.41) is 14.4. The van der Waals surface area contributed by atoms with Crippen LogP contribution < -0.4 is 10.6 Å². The molecule has 7 heteroatoms. The van der Waals surface area contributed by atoms with Crippen LogP contribution >= 0.6 is 0 Å². The van der Waals surface area contributed by atoms with Crippen molar-refractivity contribution >= 4 is 12.0 Å². The molecule has 24 heavy (non-hydrogen) atoms. The molecule has 0 atom stereocenters. The van der Waals surface area contributed by atoms with Crippen molar-refractivity contribution in [2.45, 2.75) is 32.9 Å². The number of nitrogens with zero attached hydrogens (tertiary/aromatic N) is 2. The number of amides is 2. The lowest BCUT2D eigenvalue weighted by molar-refractivity contribution is 0.0697. The number of carbonyl (C=O) groups is 2. The van der Waals surface area contributed by atoms with E-state index in [4.69, 9.17) is 5.11 Å². The fraction of sp³-hybridized carbons (Fsp3) is 0.353. The fourth-order valence-corrected chi connectivity index (χ4v) is 2.26. The number of benzene rings is 1. The van der Waals surface area contributed by atoms with Gasteiger partial charge in [-0.05, 0) is 37.5 Å². The standard InChI is InChI=1S/C17H22N4O3/c1-13-18-9-11-21(13)10-3-2-8-19-17(24)20-12-14-4-6-15(7-5-14)16(22)23/h4-7,9,11H,2-3,8,10,12H2,1H3,(H,22,23)(H2,19,20,24). The molecule has 2 amide bonds. The van der Waals surface area contributed by atoms with Crippen molar-refractivity contribution in [3.8, 4) is 0 Å². The quantitative estimate of drug-likeness (QED) is 0.646. The summed E-state index contributed by atoms with van der Waals surface area (Å²) in [4.78, 5) is 26.6. The van der Waals surface area contributed by atoms with Crippen molar-refractivity contribution in [2.75, 3.05) is 6.54 Å². The summed E-state index contributed by atoms with van der Waals surface area (Å²) >= 11 is 0. The summed E-state index contributed by atoms with van der Waals surface area (Å²) in [5.41, 5.74) is 1.09. The summed E-state index contributed by atoms with van der Waals surface area (Å²) in [5.74, 6) is 0.0350. The van der Waals surface area contributed by atoms with Crippen molar-refractivity contribution in [3.05, 3.63) is 53.6 Å². The summed E-state index contributed by atoms with van der Waals surface area (Å²) < 4.78 is 2.08. The monoisotopic (exact) mass is 330 g/mol. The molecule has 128 valence electrons. The van der Waals surface area contributed by atoms with E-state index in [1.807, 2.05) is 13.1 Å². The van der Waals surface area contributed by atoms with Gasteiger partial charge in [0.25, 0.3) is 0 Å². The van der Waals surface area contributed by atoms with Crippen LogP contribution in [0.4, 0.5) is 4.79 Å². The van der Waals surface area contributed by atoms with E-state index in [9.17, 15) is 9.59 Å². The first-order chi connectivity index (χ1) is 11.6. The van der Waals surface area contributed by atoms with Crippen LogP contribution in [-0.4, -0.2) is 33.2 Å². The van der Waals surface area contributed by atoms with E-state index < -0.39 is 5.97 Å². The van der Waals surface area contributed by atoms with Gasteiger partial charge >= 0.3 is 12.0 Å². The maximum Gasteiger partial charge on any atom is 0.335 e. The van der Waals surface area contributed by atoms with Gasteiger partial charge < -0.3 is 20.3 Å². The topological polar surface area (TPSA) is 96.3 Å². The summed E-state index contributed by atoms with van der Waals surface area (Å²) in [7, 11) is 0. The Bertz CT molecular complexity index is 679. The second kappa shape index (κ2) is 8.71. The number of aryl methyl sites for hydroxylation is 2. The van der Waals surface area contributed by atoms with Crippen LogP contribution in [-0.2, 0) is 13.1 Å². The molecule has 2 rings (SSSR count). The molecule has 1 heterocycles. The van der Waals surface area contributed by atoms with E-state index in [0.717, 1.165) is 30.8 Å². The zero-order valence-electron chi connectivity index (χ0n) is 13.7. The van der Waals surface area contributed by atoms with Gasteiger partial charge in [0.1, 0.15) is 5.82 Å². The van der Waals surface area contributed by atoms with Crippen molar-refractivity contribution in [2.24, 2.45) is 0 Å². The smallest absolute Gasteiger partial charge is 0.335 e. The minimum Gasteiger partial charge on any atom is -0.478 e. The van der Waals surface area contributed by atoms with Crippen LogP contribution in [0.2, 0.25) is 0 Å². The molecule has 7 nitrogen and oxygen atoms in total. The van der Waals surface area contributed by atoms with Gasteiger partial charge in [0.05, 0.1) is 5.56 Å². The third-order valence-corrected chi connectivity index (χ3v) is 3.69. The van der Waals surface area contributed by atoms with E-state index in [0.29, 0.717) is 13.1 Å². The van der Waals surface area contributed by atoms with Gasteiger partial charge in [0.15, 0.2) is 0 Å². The first kappa shape index (κ1) is 17.5. The van der Waals surface area contributed by atoms with E-state index in [1.165, 1.54) is 12.1 Å². The van der Waals surface area contributed by atoms with Crippen molar-refractivity contribution < 1.29 is 14.7 Å². The maximum absolute atomic E-state index is 11.7. The molecule has 0 unspecified atom stereocenters. The number of hydrogen-bond acceptors (Lipinski definition) is 3. The molecule has 0 spiro atoms. The Morgan fingerprint density at radius 3 is 2.54 bits per heavy atom. The van der Waals surface area contributed by atoms with Crippen LogP contribution in [0.3, 0.4) is 0 Å². The average Bonchev–Trinajstić information content (AvgIpc) is 2.98. The number of aromatic carboxylic acids is 1. The number of carbonyl (C=O) groups excluding carboxylic acids is 1. The molecule has 0 aliphatic heterocycles. The molecule has 0 radical (unpaired) electrons. The number of urea groups is 1. The molecule has 1 aromatic carbocycles. The molecule has 1 aromatic heterocycles. The largest absolute Gasteiger partial charge is 0.478 e.